The Hall–Kier alpha value is -2.62. The molecule has 4 heteroatoms. The van der Waals surface area contributed by atoms with Gasteiger partial charge in [0.1, 0.15) is 0 Å². The predicted molar refractivity (Wildman–Crippen MR) is 80.0 cm³/mol. The largest absolute Gasteiger partial charge is 0.465 e. The first-order valence-corrected chi connectivity index (χ1v) is 6.60. The van der Waals surface area contributed by atoms with Gasteiger partial charge in [-0.05, 0) is 17.7 Å². The third kappa shape index (κ3) is 3.48. The van der Waals surface area contributed by atoms with E-state index in [0.29, 0.717) is 12.1 Å². The Morgan fingerprint density at radius 2 is 1.52 bits per heavy atom. The first kappa shape index (κ1) is 14.8. The van der Waals surface area contributed by atoms with Crippen LogP contribution in [0, 0.1) is 0 Å². The van der Waals surface area contributed by atoms with Gasteiger partial charge in [0.2, 0.25) is 0 Å². The van der Waals surface area contributed by atoms with Crippen molar-refractivity contribution in [2.24, 2.45) is 0 Å². The van der Waals surface area contributed by atoms with E-state index in [0.717, 1.165) is 5.56 Å². The number of benzene rings is 2. The van der Waals surface area contributed by atoms with Crippen LogP contribution in [-0.2, 0) is 11.3 Å². The number of rotatable bonds is 4. The molecule has 0 atom stereocenters. The number of hydrogen-bond donors (Lipinski definition) is 0. The van der Waals surface area contributed by atoms with Gasteiger partial charge in [-0.15, -0.1) is 0 Å². The highest BCUT2D eigenvalue weighted by atomic mass is 16.5. The fraction of sp³-hybridized carbons (Fsp3) is 0.176. The van der Waals surface area contributed by atoms with Crippen LogP contribution in [0.3, 0.4) is 0 Å². The zero-order valence-corrected chi connectivity index (χ0v) is 12.1. The second-order valence-corrected chi connectivity index (χ2v) is 4.68. The minimum absolute atomic E-state index is 0.208. The van der Waals surface area contributed by atoms with Gasteiger partial charge >= 0.3 is 5.97 Å². The number of ether oxygens (including phenoxy) is 1. The van der Waals surface area contributed by atoms with Gasteiger partial charge < -0.3 is 9.64 Å². The van der Waals surface area contributed by atoms with E-state index in [2.05, 4.69) is 0 Å². The molecule has 0 bridgehead atoms. The number of carbonyl (C=O) groups excluding carboxylic acids is 2. The lowest BCUT2D eigenvalue weighted by atomic mass is 10.1. The Morgan fingerprint density at radius 3 is 2.14 bits per heavy atom. The van der Waals surface area contributed by atoms with E-state index < -0.39 is 5.97 Å². The molecule has 0 heterocycles. The van der Waals surface area contributed by atoms with Crippen LogP contribution in [0.25, 0.3) is 0 Å². The van der Waals surface area contributed by atoms with Gasteiger partial charge in [0, 0.05) is 13.6 Å². The van der Waals surface area contributed by atoms with Crippen LogP contribution in [0.4, 0.5) is 0 Å². The molecule has 0 unspecified atom stereocenters. The van der Waals surface area contributed by atoms with Gasteiger partial charge in [-0.25, -0.2) is 4.79 Å². The third-order valence-electron chi connectivity index (χ3n) is 3.17. The monoisotopic (exact) mass is 283 g/mol. The van der Waals surface area contributed by atoms with Gasteiger partial charge in [-0.1, -0.05) is 42.5 Å². The molecule has 2 rings (SSSR count). The predicted octanol–water partition coefficient (Wildman–Crippen LogP) is 2.75. The smallest absolute Gasteiger partial charge is 0.338 e. The lowest BCUT2D eigenvalue weighted by Crippen LogP contribution is -2.28. The van der Waals surface area contributed by atoms with Crippen LogP contribution in [0.5, 0.6) is 0 Å². The van der Waals surface area contributed by atoms with E-state index in [4.69, 9.17) is 4.74 Å². The first-order valence-electron chi connectivity index (χ1n) is 6.60. The number of nitrogens with zero attached hydrogens (tertiary/aromatic N) is 1. The van der Waals surface area contributed by atoms with Gasteiger partial charge in [-0.2, -0.15) is 0 Å². The molecule has 2 aromatic carbocycles. The third-order valence-corrected chi connectivity index (χ3v) is 3.17. The van der Waals surface area contributed by atoms with Crippen molar-refractivity contribution in [1.29, 1.82) is 0 Å². The molecule has 0 saturated carbocycles. The van der Waals surface area contributed by atoms with E-state index in [1.165, 1.54) is 7.11 Å². The molecule has 0 N–H and O–H groups in total. The normalized spacial score (nSPS) is 10.0. The average molecular weight is 283 g/mol. The van der Waals surface area contributed by atoms with Crippen LogP contribution in [0.2, 0.25) is 0 Å². The van der Waals surface area contributed by atoms with Crippen molar-refractivity contribution in [3.63, 3.8) is 0 Å². The second kappa shape index (κ2) is 6.70. The van der Waals surface area contributed by atoms with Crippen molar-refractivity contribution in [1.82, 2.24) is 4.90 Å². The van der Waals surface area contributed by atoms with Crippen LogP contribution in [0.1, 0.15) is 26.3 Å². The Bertz CT molecular complexity index is 637. The molecule has 0 spiro atoms. The molecular weight excluding hydrogens is 266 g/mol. The molecule has 21 heavy (non-hydrogen) atoms. The highest BCUT2D eigenvalue weighted by Crippen LogP contribution is 2.14. The lowest BCUT2D eigenvalue weighted by molar-refractivity contribution is 0.0592. The van der Waals surface area contributed by atoms with E-state index in [1.807, 2.05) is 30.3 Å². The van der Waals surface area contributed by atoms with Crippen molar-refractivity contribution in [3.8, 4) is 0 Å². The quantitative estimate of drug-likeness (QED) is 0.811. The maximum Gasteiger partial charge on any atom is 0.338 e. The number of amides is 1. The van der Waals surface area contributed by atoms with Gasteiger partial charge in [0.05, 0.1) is 18.2 Å². The van der Waals surface area contributed by atoms with Crippen molar-refractivity contribution in [2.45, 2.75) is 6.54 Å². The van der Waals surface area contributed by atoms with Crippen LogP contribution in [0.15, 0.2) is 54.6 Å². The van der Waals surface area contributed by atoms with Crippen LogP contribution < -0.4 is 0 Å². The fourth-order valence-electron chi connectivity index (χ4n) is 2.09. The van der Waals surface area contributed by atoms with Crippen LogP contribution >= 0.6 is 0 Å². The summed E-state index contributed by atoms with van der Waals surface area (Å²) < 4.78 is 4.72. The Kier molecular flexibility index (Phi) is 4.72. The zero-order chi connectivity index (χ0) is 15.2. The Morgan fingerprint density at radius 1 is 0.952 bits per heavy atom. The van der Waals surface area contributed by atoms with E-state index in [1.54, 1.807) is 36.2 Å². The molecule has 0 saturated heterocycles. The second-order valence-electron chi connectivity index (χ2n) is 4.68. The molecule has 2 aromatic rings. The SMILES string of the molecule is COC(=O)c1ccccc1C(=O)N(C)Cc1ccccc1. The summed E-state index contributed by atoms with van der Waals surface area (Å²) in [6, 6.07) is 16.4. The maximum atomic E-state index is 12.5. The highest BCUT2D eigenvalue weighted by molar-refractivity contribution is 6.05. The molecule has 0 aromatic heterocycles. The zero-order valence-electron chi connectivity index (χ0n) is 12.1. The standard InChI is InChI=1S/C17H17NO3/c1-18(12-13-8-4-3-5-9-13)16(19)14-10-6-7-11-15(14)17(20)21-2/h3-11H,12H2,1-2H3. The van der Waals surface area contributed by atoms with Gasteiger partial charge in [0.15, 0.2) is 0 Å². The number of carbonyl (C=O) groups is 2. The summed E-state index contributed by atoms with van der Waals surface area (Å²) >= 11 is 0. The van der Waals surface area contributed by atoms with Crippen molar-refractivity contribution in [2.75, 3.05) is 14.2 Å². The molecular formula is C17H17NO3. The number of esters is 1. The topological polar surface area (TPSA) is 46.6 Å². The summed E-state index contributed by atoms with van der Waals surface area (Å²) in [7, 11) is 3.01. The van der Waals surface area contributed by atoms with E-state index in [-0.39, 0.29) is 11.5 Å². The van der Waals surface area contributed by atoms with Gasteiger partial charge in [0.25, 0.3) is 5.91 Å². The average Bonchev–Trinajstić information content (AvgIpc) is 2.54. The molecule has 0 fully saturated rings. The summed E-state index contributed by atoms with van der Waals surface area (Å²) in [4.78, 5) is 25.8. The number of methoxy groups -OCH3 is 1. The summed E-state index contributed by atoms with van der Waals surface area (Å²) in [6.45, 7) is 0.481. The molecule has 0 aliphatic carbocycles. The minimum Gasteiger partial charge on any atom is -0.465 e. The van der Waals surface area contributed by atoms with Gasteiger partial charge in [-0.3, -0.25) is 4.79 Å². The molecule has 108 valence electrons. The summed E-state index contributed by atoms with van der Waals surface area (Å²) in [5.74, 6) is -0.716. The summed E-state index contributed by atoms with van der Waals surface area (Å²) in [5.41, 5.74) is 1.66. The van der Waals surface area contributed by atoms with Crippen molar-refractivity contribution >= 4 is 11.9 Å². The molecule has 0 radical (unpaired) electrons. The minimum atomic E-state index is -0.507. The van der Waals surface area contributed by atoms with Crippen molar-refractivity contribution in [3.05, 3.63) is 71.3 Å². The van der Waals surface area contributed by atoms with Crippen molar-refractivity contribution < 1.29 is 14.3 Å². The van der Waals surface area contributed by atoms with E-state index in [9.17, 15) is 9.59 Å². The summed E-state index contributed by atoms with van der Waals surface area (Å²) in [5, 5.41) is 0. The molecule has 1 amide bonds. The molecule has 0 aliphatic rings. The summed E-state index contributed by atoms with van der Waals surface area (Å²) in [6.07, 6.45) is 0. The van der Waals surface area contributed by atoms with E-state index >= 15 is 0 Å². The fourth-order valence-corrected chi connectivity index (χ4v) is 2.09. The lowest BCUT2D eigenvalue weighted by Gasteiger charge is -2.18. The molecule has 4 nitrogen and oxygen atoms in total. The first-order chi connectivity index (χ1) is 10.1. The Labute approximate surface area is 124 Å². The highest BCUT2D eigenvalue weighted by Gasteiger charge is 2.19. The maximum absolute atomic E-state index is 12.5. The van der Waals surface area contributed by atoms with Crippen LogP contribution in [-0.4, -0.2) is 30.9 Å². The number of hydrogen-bond acceptors (Lipinski definition) is 3. The molecule has 0 aliphatic heterocycles. The Balaban J connectivity index is 2.22.